The second kappa shape index (κ2) is 6.27. The molecule has 0 saturated heterocycles. The fourth-order valence-corrected chi connectivity index (χ4v) is 2.86. The monoisotopic (exact) mass is 300 g/mol. The molecule has 1 unspecified atom stereocenters. The van der Waals surface area contributed by atoms with Crippen molar-refractivity contribution in [3.63, 3.8) is 0 Å². The number of amides is 1. The number of hydrogen-bond acceptors (Lipinski definition) is 4. The molecule has 2 N–H and O–H groups in total. The highest BCUT2D eigenvalue weighted by Gasteiger charge is 2.35. The zero-order chi connectivity index (χ0) is 15.5. The lowest BCUT2D eigenvalue weighted by atomic mass is 9.76. The van der Waals surface area contributed by atoms with Gasteiger partial charge in [-0.05, 0) is 30.9 Å². The van der Waals surface area contributed by atoms with Gasteiger partial charge in [0, 0.05) is 43.8 Å². The van der Waals surface area contributed by atoms with Crippen molar-refractivity contribution in [2.75, 3.05) is 0 Å². The Hall–Kier alpha value is -2.21. The lowest BCUT2D eigenvalue weighted by Gasteiger charge is -2.38. The first kappa shape index (κ1) is 14.7. The molecule has 1 aliphatic carbocycles. The van der Waals surface area contributed by atoms with Gasteiger partial charge in [0.25, 0.3) is 5.91 Å². The molecule has 0 bridgehead atoms. The topological polar surface area (TPSA) is 80.0 Å². The standard InChI is InChI=1S/C16H20N4O2/c1-20-7-6-18-15(20)16(22)19-14(11-8-13(21)9-11)10-12-4-2-3-5-17-12/h2-7,11,13-14,21H,8-10H2,1H3,(H,19,22). The van der Waals surface area contributed by atoms with Gasteiger partial charge in [-0.15, -0.1) is 0 Å². The van der Waals surface area contributed by atoms with E-state index >= 15 is 0 Å². The summed E-state index contributed by atoms with van der Waals surface area (Å²) >= 11 is 0. The number of rotatable bonds is 5. The SMILES string of the molecule is Cn1ccnc1C(=O)NC(Cc1ccccn1)C1CC(O)C1. The maximum Gasteiger partial charge on any atom is 0.287 e. The minimum Gasteiger partial charge on any atom is -0.393 e. The summed E-state index contributed by atoms with van der Waals surface area (Å²) in [5.41, 5.74) is 0.939. The van der Waals surface area contributed by atoms with Crippen molar-refractivity contribution in [2.24, 2.45) is 13.0 Å². The summed E-state index contributed by atoms with van der Waals surface area (Å²) in [5.74, 6) is 0.488. The van der Waals surface area contributed by atoms with Crippen LogP contribution in [0.25, 0.3) is 0 Å². The molecule has 0 radical (unpaired) electrons. The fraction of sp³-hybridized carbons (Fsp3) is 0.438. The van der Waals surface area contributed by atoms with E-state index in [1.165, 1.54) is 0 Å². The number of aryl methyl sites for hydroxylation is 1. The molecule has 1 fully saturated rings. The lowest BCUT2D eigenvalue weighted by Crippen LogP contribution is -2.48. The number of hydrogen-bond donors (Lipinski definition) is 2. The minimum atomic E-state index is -0.249. The molecule has 2 aromatic rings. The van der Waals surface area contributed by atoms with Gasteiger partial charge in [-0.2, -0.15) is 0 Å². The van der Waals surface area contributed by atoms with Crippen LogP contribution < -0.4 is 5.32 Å². The van der Waals surface area contributed by atoms with Crippen LogP contribution in [0, 0.1) is 5.92 Å². The Bertz CT molecular complexity index is 635. The number of aliphatic hydroxyl groups is 1. The highest BCUT2D eigenvalue weighted by Crippen LogP contribution is 2.31. The Balaban J connectivity index is 1.71. The van der Waals surface area contributed by atoms with Crippen molar-refractivity contribution in [3.8, 4) is 0 Å². The van der Waals surface area contributed by atoms with Crippen LogP contribution >= 0.6 is 0 Å². The Kier molecular flexibility index (Phi) is 4.20. The van der Waals surface area contributed by atoms with E-state index in [1.807, 2.05) is 18.2 Å². The molecule has 6 nitrogen and oxygen atoms in total. The lowest BCUT2D eigenvalue weighted by molar-refractivity contribution is 0.0236. The summed E-state index contributed by atoms with van der Waals surface area (Å²) in [6, 6.07) is 5.73. The van der Waals surface area contributed by atoms with Gasteiger partial charge in [0.2, 0.25) is 0 Å². The first-order valence-corrected chi connectivity index (χ1v) is 7.49. The number of nitrogens with zero attached hydrogens (tertiary/aromatic N) is 3. The zero-order valence-electron chi connectivity index (χ0n) is 12.5. The van der Waals surface area contributed by atoms with Crippen LogP contribution in [-0.2, 0) is 13.5 Å². The van der Waals surface area contributed by atoms with Gasteiger partial charge in [0.1, 0.15) is 0 Å². The molecule has 1 saturated carbocycles. The summed E-state index contributed by atoms with van der Waals surface area (Å²) in [6.07, 6.45) is 6.96. The van der Waals surface area contributed by atoms with E-state index in [1.54, 1.807) is 30.2 Å². The molecule has 22 heavy (non-hydrogen) atoms. The average molecular weight is 300 g/mol. The van der Waals surface area contributed by atoms with Crippen LogP contribution in [0.4, 0.5) is 0 Å². The van der Waals surface area contributed by atoms with Crippen molar-refractivity contribution in [1.82, 2.24) is 19.9 Å². The molecule has 1 amide bonds. The Morgan fingerprint density at radius 2 is 2.23 bits per heavy atom. The number of carbonyl (C=O) groups is 1. The average Bonchev–Trinajstić information content (AvgIpc) is 2.91. The molecule has 116 valence electrons. The van der Waals surface area contributed by atoms with Gasteiger partial charge < -0.3 is 15.0 Å². The maximum absolute atomic E-state index is 12.4. The highest BCUT2D eigenvalue weighted by molar-refractivity contribution is 5.91. The number of pyridine rings is 1. The Morgan fingerprint density at radius 3 is 2.82 bits per heavy atom. The summed E-state index contributed by atoms with van der Waals surface area (Å²) < 4.78 is 1.70. The smallest absolute Gasteiger partial charge is 0.287 e. The molecule has 3 rings (SSSR count). The predicted molar refractivity (Wildman–Crippen MR) is 81.1 cm³/mol. The van der Waals surface area contributed by atoms with E-state index in [0.717, 1.165) is 18.5 Å². The quantitative estimate of drug-likeness (QED) is 0.861. The first-order chi connectivity index (χ1) is 10.6. The van der Waals surface area contributed by atoms with E-state index < -0.39 is 0 Å². The normalized spacial score (nSPS) is 21.9. The largest absolute Gasteiger partial charge is 0.393 e. The van der Waals surface area contributed by atoms with Gasteiger partial charge >= 0.3 is 0 Å². The van der Waals surface area contributed by atoms with E-state index in [4.69, 9.17) is 0 Å². The van der Waals surface area contributed by atoms with Crippen molar-refractivity contribution < 1.29 is 9.90 Å². The third-order valence-corrected chi connectivity index (χ3v) is 4.21. The van der Waals surface area contributed by atoms with Gasteiger partial charge in [0.05, 0.1) is 6.10 Å². The molecule has 0 aromatic carbocycles. The summed E-state index contributed by atoms with van der Waals surface area (Å²) in [6.45, 7) is 0. The minimum absolute atomic E-state index is 0.0394. The van der Waals surface area contributed by atoms with E-state index in [0.29, 0.717) is 12.2 Å². The summed E-state index contributed by atoms with van der Waals surface area (Å²) in [5, 5.41) is 12.6. The van der Waals surface area contributed by atoms with E-state index in [9.17, 15) is 9.90 Å². The van der Waals surface area contributed by atoms with E-state index in [2.05, 4.69) is 15.3 Å². The van der Waals surface area contributed by atoms with Gasteiger partial charge in [-0.25, -0.2) is 4.98 Å². The predicted octanol–water partition coefficient (Wildman–Crippen LogP) is 0.927. The third kappa shape index (κ3) is 3.17. The van der Waals surface area contributed by atoms with Gasteiger partial charge in [-0.1, -0.05) is 6.07 Å². The molecule has 2 aromatic heterocycles. The van der Waals surface area contributed by atoms with Crippen LogP contribution in [0.1, 0.15) is 29.2 Å². The molecular formula is C16H20N4O2. The molecule has 1 atom stereocenters. The zero-order valence-corrected chi connectivity index (χ0v) is 12.5. The molecule has 0 spiro atoms. The van der Waals surface area contributed by atoms with E-state index in [-0.39, 0.29) is 24.0 Å². The van der Waals surface area contributed by atoms with Crippen molar-refractivity contribution in [1.29, 1.82) is 0 Å². The van der Waals surface area contributed by atoms with Crippen molar-refractivity contribution in [3.05, 3.63) is 48.3 Å². The van der Waals surface area contributed by atoms with Crippen LogP contribution in [0.3, 0.4) is 0 Å². The van der Waals surface area contributed by atoms with Crippen LogP contribution in [0.5, 0.6) is 0 Å². The molecule has 2 heterocycles. The molecule has 1 aliphatic rings. The van der Waals surface area contributed by atoms with Crippen LogP contribution in [-0.4, -0.2) is 37.7 Å². The summed E-state index contributed by atoms with van der Waals surface area (Å²) in [4.78, 5) is 20.8. The summed E-state index contributed by atoms with van der Waals surface area (Å²) in [7, 11) is 1.79. The number of nitrogens with one attached hydrogen (secondary N) is 1. The second-order valence-electron chi connectivity index (χ2n) is 5.85. The number of aromatic nitrogens is 3. The Morgan fingerprint density at radius 1 is 1.41 bits per heavy atom. The maximum atomic E-state index is 12.4. The number of carbonyl (C=O) groups excluding carboxylic acids is 1. The van der Waals surface area contributed by atoms with Gasteiger partial charge in [0.15, 0.2) is 5.82 Å². The van der Waals surface area contributed by atoms with Crippen LogP contribution in [0.2, 0.25) is 0 Å². The number of imidazole rings is 1. The Labute approximate surface area is 129 Å². The third-order valence-electron chi connectivity index (χ3n) is 4.21. The first-order valence-electron chi connectivity index (χ1n) is 7.49. The van der Waals surface area contributed by atoms with Crippen molar-refractivity contribution >= 4 is 5.91 Å². The molecular weight excluding hydrogens is 280 g/mol. The second-order valence-corrected chi connectivity index (χ2v) is 5.85. The molecule has 6 heteroatoms. The fourth-order valence-electron chi connectivity index (χ4n) is 2.86. The van der Waals surface area contributed by atoms with Crippen LogP contribution in [0.15, 0.2) is 36.8 Å². The molecule has 0 aliphatic heterocycles. The number of aliphatic hydroxyl groups excluding tert-OH is 1. The highest BCUT2D eigenvalue weighted by atomic mass is 16.3. The van der Waals surface area contributed by atoms with Gasteiger partial charge in [-0.3, -0.25) is 9.78 Å². The van der Waals surface area contributed by atoms with Crippen molar-refractivity contribution in [2.45, 2.75) is 31.4 Å².